The normalized spacial score (nSPS) is 15.2. The summed E-state index contributed by atoms with van der Waals surface area (Å²) in [5.74, 6) is 0. The van der Waals surface area contributed by atoms with Gasteiger partial charge in [-0.2, -0.15) is 5.10 Å². The molecule has 1 aromatic heterocycles. The Labute approximate surface area is 158 Å². The van der Waals surface area contributed by atoms with Crippen LogP contribution in [0.1, 0.15) is 5.56 Å². The van der Waals surface area contributed by atoms with E-state index < -0.39 is 0 Å². The Kier molecular flexibility index (Phi) is 6.49. The van der Waals surface area contributed by atoms with Crippen LogP contribution in [0.25, 0.3) is 5.69 Å². The van der Waals surface area contributed by atoms with Crippen LogP contribution in [0, 0.1) is 0 Å². The summed E-state index contributed by atoms with van der Waals surface area (Å²) >= 11 is 5.91. The summed E-state index contributed by atoms with van der Waals surface area (Å²) in [6.45, 7) is 5.33. The molecular formula is C18H24ClN5O2. The molecule has 1 aromatic carbocycles. The summed E-state index contributed by atoms with van der Waals surface area (Å²) in [6.07, 6.45) is 3.67. The number of hydrogen-bond acceptors (Lipinski definition) is 4. The zero-order valence-electron chi connectivity index (χ0n) is 14.9. The molecule has 8 heteroatoms. The minimum absolute atomic E-state index is 0.0318. The van der Waals surface area contributed by atoms with E-state index in [9.17, 15) is 4.79 Å². The van der Waals surface area contributed by atoms with Gasteiger partial charge in [-0.25, -0.2) is 9.48 Å². The van der Waals surface area contributed by atoms with Crippen molar-refractivity contribution in [3.05, 3.63) is 47.2 Å². The second-order valence-corrected chi connectivity index (χ2v) is 6.69. The van der Waals surface area contributed by atoms with Crippen LogP contribution in [-0.4, -0.2) is 72.1 Å². The summed E-state index contributed by atoms with van der Waals surface area (Å²) < 4.78 is 6.87. The molecule has 2 aromatic rings. The highest BCUT2D eigenvalue weighted by Crippen LogP contribution is 2.13. The number of carbonyl (C=O) groups excluding carboxylic acids is 1. The van der Waals surface area contributed by atoms with Crippen LogP contribution in [0.3, 0.4) is 0 Å². The smallest absolute Gasteiger partial charge is 0.317 e. The van der Waals surface area contributed by atoms with E-state index in [1.54, 1.807) is 18.0 Å². The van der Waals surface area contributed by atoms with Crippen molar-refractivity contribution in [3.63, 3.8) is 0 Å². The molecule has 1 aliphatic heterocycles. The quantitative estimate of drug-likeness (QED) is 0.836. The lowest BCUT2D eigenvalue weighted by Gasteiger charge is -2.34. The van der Waals surface area contributed by atoms with Gasteiger partial charge < -0.3 is 15.0 Å². The maximum atomic E-state index is 12.3. The van der Waals surface area contributed by atoms with E-state index in [0.29, 0.717) is 11.6 Å². The van der Waals surface area contributed by atoms with Gasteiger partial charge in [0.2, 0.25) is 0 Å². The van der Waals surface area contributed by atoms with Crippen LogP contribution in [0.5, 0.6) is 0 Å². The van der Waals surface area contributed by atoms with Crippen molar-refractivity contribution in [1.29, 1.82) is 0 Å². The number of carbonyl (C=O) groups is 1. The van der Waals surface area contributed by atoms with Crippen molar-refractivity contribution in [3.8, 4) is 5.69 Å². The Morgan fingerprint density at radius 3 is 2.65 bits per heavy atom. The number of hydrogen-bond donors (Lipinski definition) is 1. The molecule has 26 heavy (non-hydrogen) atoms. The predicted molar refractivity (Wildman–Crippen MR) is 101 cm³/mol. The third-order valence-electron chi connectivity index (χ3n) is 4.44. The summed E-state index contributed by atoms with van der Waals surface area (Å²) in [5, 5.41) is 8.00. The lowest BCUT2D eigenvalue weighted by atomic mass is 10.3. The zero-order valence-corrected chi connectivity index (χ0v) is 15.7. The molecule has 1 fully saturated rings. The molecule has 1 saturated heterocycles. The highest BCUT2D eigenvalue weighted by molar-refractivity contribution is 6.30. The number of rotatable bonds is 6. The third kappa shape index (κ3) is 4.97. The maximum Gasteiger partial charge on any atom is 0.317 e. The standard InChI is InChI=1S/C18H24ClN5O2/c1-26-11-10-22-6-8-23(9-7-22)18(25)20-12-15-13-21-24(14-15)17-4-2-16(19)3-5-17/h2-5,13-14H,6-12H2,1H3,(H,20,25). The number of amides is 2. The summed E-state index contributed by atoms with van der Waals surface area (Å²) in [7, 11) is 1.71. The molecule has 7 nitrogen and oxygen atoms in total. The van der Waals surface area contributed by atoms with Gasteiger partial charge in [-0.3, -0.25) is 4.90 Å². The van der Waals surface area contributed by atoms with Crippen molar-refractivity contribution in [2.24, 2.45) is 0 Å². The number of halogens is 1. The van der Waals surface area contributed by atoms with Crippen LogP contribution >= 0.6 is 11.6 Å². The Morgan fingerprint density at radius 1 is 1.23 bits per heavy atom. The molecule has 1 N–H and O–H groups in total. The lowest BCUT2D eigenvalue weighted by Crippen LogP contribution is -2.52. The molecule has 0 saturated carbocycles. The van der Waals surface area contributed by atoms with Crippen LogP contribution < -0.4 is 5.32 Å². The molecule has 2 amide bonds. The topological polar surface area (TPSA) is 62.6 Å². The highest BCUT2D eigenvalue weighted by atomic mass is 35.5. The first-order chi connectivity index (χ1) is 12.7. The van der Waals surface area contributed by atoms with Crippen molar-refractivity contribution in [2.45, 2.75) is 6.54 Å². The van der Waals surface area contributed by atoms with E-state index in [1.165, 1.54) is 0 Å². The highest BCUT2D eigenvalue weighted by Gasteiger charge is 2.20. The Balaban J connectivity index is 1.46. The molecule has 0 spiro atoms. The number of nitrogens with one attached hydrogen (secondary N) is 1. The average Bonchev–Trinajstić information content (AvgIpc) is 3.14. The largest absolute Gasteiger partial charge is 0.383 e. The van der Waals surface area contributed by atoms with E-state index in [2.05, 4.69) is 15.3 Å². The number of benzene rings is 1. The van der Waals surface area contributed by atoms with E-state index in [1.807, 2.05) is 35.4 Å². The van der Waals surface area contributed by atoms with Gasteiger partial charge in [-0.15, -0.1) is 0 Å². The number of methoxy groups -OCH3 is 1. The second-order valence-electron chi connectivity index (χ2n) is 6.25. The van der Waals surface area contributed by atoms with E-state index in [0.717, 1.165) is 50.6 Å². The Morgan fingerprint density at radius 2 is 1.96 bits per heavy atom. The molecule has 1 aliphatic rings. The van der Waals surface area contributed by atoms with Gasteiger partial charge >= 0.3 is 6.03 Å². The third-order valence-corrected chi connectivity index (χ3v) is 4.69. The first kappa shape index (κ1) is 18.7. The van der Waals surface area contributed by atoms with Crippen molar-refractivity contribution in [2.75, 3.05) is 46.4 Å². The van der Waals surface area contributed by atoms with Crippen LogP contribution in [0.15, 0.2) is 36.7 Å². The van der Waals surface area contributed by atoms with Crippen molar-refractivity contribution >= 4 is 17.6 Å². The minimum atomic E-state index is -0.0318. The van der Waals surface area contributed by atoms with Gasteiger partial charge in [0.25, 0.3) is 0 Å². The monoisotopic (exact) mass is 377 g/mol. The number of aromatic nitrogens is 2. The molecule has 0 unspecified atom stereocenters. The number of ether oxygens (including phenoxy) is 1. The SMILES string of the molecule is COCCN1CCN(C(=O)NCc2cnn(-c3ccc(Cl)cc3)c2)CC1. The van der Waals surface area contributed by atoms with Crippen LogP contribution in [-0.2, 0) is 11.3 Å². The fourth-order valence-electron chi connectivity index (χ4n) is 2.87. The average molecular weight is 378 g/mol. The Bertz CT molecular complexity index is 711. The van der Waals surface area contributed by atoms with E-state index in [-0.39, 0.29) is 6.03 Å². The molecule has 3 rings (SSSR count). The summed E-state index contributed by atoms with van der Waals surface area (Å²) in [6, 6.07) is 7.43. The zero-order chi connectivity index (χ0) is 18.4. The first-order valence-electron chi connectivity index (χ1n) is 8.69. The molecule has 0 bridgehead atoms. The van der Waals surface area contributed by atoms with Gasteiger partial charge in [-0.1, -0.05) is 11.6 Å². The van der Waals surface area contributed by atoms with Crippen molar-refractivity contribution < 1.29 is 9.53 Å². The number of urea groups is 1. The second kappa shape index (κ2) is 9.02. The van der Waals surface area contributed by atoms with Gasteiger partial charge in [0.1, 0.15) is 0 Å². The van der Waals surface area contributed by atoms with E-state index >= 15 is 0 Å². The van der Waals surface area contributed by atoms with Crippen LogP contribution in [0.2, 0.25) is 5.02 Å². The van der Waals surface area contributed by atoms with Gasteiger partial charge in [0.15, 0.2) is 0 Å². The first-order valence-corrected chi connectivity index (χ1v) is 9.07. The maximum absolute atomic E-state index is 12.3. The van der Waals surface area contributed by atoms with Crippen molar-refractivity contribution in [1.82, 2.24) is 24.9 Å². The number of nitrogens with zero attached hydrogens (tertiary/aromatic N) is 4. The van der Waals surface area contributed by atoms with Gasteiger partial charge in [0.05, 0.1) is 18.5 Å². The minimum Gasteiger partial charge on any atom is -0.383 e. The molecule has 140 valence electrons. The number of piperazine rings is 1. The molecule has 0 radical (unpaired) electrons. The fraction of sp³-hybridized carbons (Fsp3) is 0.444. The fourth-order valence-corrected chi connectivity index (χ4v) is 3.00. The predicted octanol–water partition coefficient (Wildman–Crippen LogP) is 2.00. The van der Waals surface area contributed by atoms with Crippen LogP contribution in [0.4, 0.5) is 4.79 Å². The summed E-state index contributed by atoms with van der Waals surface area (Å²) in [5.41, 5.74) is 1.88. The molecule has 0 atom stereocenters. The molecule has 2 heterocycles. The van der Waals surface area contributed by atoms with E-state index in [4.69, 9.17) is 16.3 Å². The molecular weight excluding hydrogens is 354 g/mol. The molecule has 0 aliphatic carbocycles. The lowest BCUT2D eigenvalue weighted by molar-refractivity contribution is 0.106. The van der Waals surface area contributed by atoms with Gasteiger partial charge in [-0.05, 0) is 24.3 Å². The van der Waals surface area contributed by atoms with Gasteiger partial charge in [0, 0.05) is 63.2 Å². The Hall–Kier alpha value is -2.09. The summed E-state index contributed by atoms with van der Waals surface area (Å²) in [4.78, 5) is 16.5.